The predicted molar refractivity (Wildman–Crippen MR) is 93.5 cm³/mol. The summed E-state index contributed by atoms with van der Waals surface area (Å²) in [6, 6.07) is 17.4. The van der Waals surface area contributed by atoms with Crippen molar-refractivity contribution in [2.24, 2.45) is 0 Å². The Bertz CT molecular complexity index is 738. The summed E-state index contributed by atoms with van der Waals surface area (Å²) in [6.45, 7) is 5.12. The van der Waals surface area contributed by atoms with Crippen LogP contribution in [-0.4, -0.2) is 6.54 Å². The maximum atomic E-state index is 6.27. The van der Waals surface area contributed by atoms with Gasteiger partial charge in [0.1, 0.15) is 0 Å². The van der Waals surface area contributed by atoms with Gasteiger partial charge in [-0.25, -0.2) is 0 Å². The molecule has 0 aliphatic carbocycles. The molecule has 1 aromatic heterocycles. The molecular weight excluding hydrogens is 298 g/mol. The topological polar surface area (TPSA) is 12.0 Å². The van der Waals surface area contributed by atoms with Crippen LogP contribution in [0.1, 0.15) is 29.0 Å². The SMILES string of the molecule is CCNC(c1cc(C)c(Cl)s1)c1cccc2ccccc12. The lowest BCUT2D eigenvalue weighted by atomic mass is 9.97. The van der Waals surface area contributed by atoms with Crippen molar-refractivity contribution in [1.82, 2.24) is 5.32 Å². The third-order valence-electron chi connectivity index (χ3n) is 3.70. The minimum absolute atomic E-state index is 0.192. The molecule has 0 amide bonds. The summed E-state index contributed by atoms with van der Waals surface area (Å²) in [5.74, 6) is 0. The zero-order valence-corrected chi connectivity index (χ0v) is 13.8. The van der Waals surface area contributed by atoms with Gasteiger partial charge in [0.15, 0.2) is 0 Å². The summed E-state index contributed by atoms with van der Waals surface area (Å²) in [6.07, 6.45) is 0. The number of rotatable bonds is 4. The summed E-state index contributed by atoms with van der Waals surface area (Å²) < 4.78 is 0.883. The molecule has 0 bridgehead atoms. The van der Waals surface area contributed by atoms with Crippen molar-refractivity contribution < 1.29 is 0 Å². The highest BCUT2D eigenvalue weighted by Gasteiger charge is 2.18. The Balaban J connectivity index is 2.15. The van der Waals surface area contributed by atoms with Gasteiger partial charge in [0, 0.05) is 4.88 Å². The highest BCUT2D eigenvalue weighted by molar-refractivity contribution is 7.16. The maximum absolute atomic E-state index is 6.27. The van der Waals surface area contributed by atoms with Gasteiger partial charge in [-0.2, -0.15) is 0 Å². The molecule has 3 aromatic rings. The molecule has 1 N–H and O–H groups in total. The average molecular weight is 316 g/mol. The molecule has 0 radical (unpaired) electrons. The van der Waals surface area contributed by atoms with E-state index in [2.05, 4.69) is 67.7 Å². The number of hydrogen-bond donors (Lipinski definition) is 1. The first-order valence-electron chi connectivity index (χ1n) is 7.17. The third kappa shape index (κ3) is 2.84. The summed E-state index contributed by atoms with van der Waals surface area (Å²) in [5, 5.41) is 6.17. The van der Waals surface area contributed by atoms with Crippen LogP contribution in [0.25, 0.3) is 10.8 Å². The van der Waals surface area contributed by atoms with Crippen molar-refractivity contribution in [2.45, 2.75) is 19.9 Å². The zero-order valence-electron chi connectivity index (χ0n) is 12.2. The molecule has 3 heteroatoms. The first-order valence-corrected chi connectivity index (χ1v) is 8.37. The van der Waals surface area contributed by atoms with Crippen LogP contribution >= 0.6 is 22.9 Å². The second kappa shape index (κ2) is 6.18. The van der Waals surface area contributed by atoms with E-state index in [0.717, 1.165) is 16.4 Å². The number of benzene rings is 2. The van der Waals surface area contributed by atoms with Crippen LogP contribution in [0, 0.1) is 6.92 Å². The quantitative estimate of drug-likeness (QED) is 0.664. The Kier molecular flexibility index (Phi) is 4.29. The maximum Gasteiger partial charge on any atom is 0.0961 e. The van der Waals surface area contributed by atoms with E-state index in [4.69, 9.17) is 11.6 Å². The normalized spacial score (nSPS) is 12.7. The molecule has 0 saturated carbocycles. The van der Waals surface area contributed by atoms with Gasteiger partial charge in [0.2, 0.25) is 0 Å². The summed E-state index contributed by atoms with van der Waals surface area (Å²) in [4.78, 5) is 1.27. The van der Waals surface area contributed by atoms with E-state index in [0.29, 0.717) is 0 Å². The molecule has 1 unspecified atom stereocenters. The van der Waals surface area contributed by atoms with Crippen molar-refractivity contribution in [3.05, 3.63) is 68.9 Å². The van der Waals surface area contributed by atoms with Gasteiger partial charge < -0.3 is 5.32 Å². The highest BCUT2D eigenvalue weighted by Crippen LogP contribution is 2.36. The molecule has 0 aliphatic rings. The standard InChI is InChI=1S/C18H18ClNS/c1-3-20-17(16-11-12(2)18(19)21-16)15-10-6-8-13-7-4-5-9-14(13)15/h4-11,17,20H,3H2,1-2H3. The third-order valence-corrected chi connectivity index (χ3v) is 5.32. The summed E-state index contributed by atoms with van der Waals surface area (Å²) >= 11 is 7.94. The fourth-order valence-electron chi connectivity index (χ4n) is 2.70. The fraction of sp³-hybridized carbons (Fsp3) is 0.222. The lowest BCUT2D eigenvalue weighted by molar-refractivity contribution is 0.643. The van der Waals surface area contributed by atoms with E-state index in [1.54, 1.807) is 11.3 Å². The number of thiophene rings is 1. The molecule has 3 rings (SSSR count). The van der Waals surface area contributed by atoms with Gasteiger partial charge in [0.25, 0.3) is 0 Å². The molecule has 0 fully saturated rings. The predicted octanol–water partition coefficient (Wildman–Crippen LogP) is 5.56. The average Bonchev–Trinajstić information content (AvgIpc) is 2.84. The van der Waals surface area contributed by atoms with Crippen molar-refractivity contribution in [1.29, 1.82) is 0 Å². The molecule has 1 nitrogen and oxygen atoms in total. The van der Waals surface area contributed by atoms with Gasteiger partial charge >= 0.3 is 0 Å². The van der Waals surface area contributed by atoms with Crippen LogP contribution in [-0.2, 0) is 0 Å². The molecule has 2 aromatic carbocycles. The van der Waals surface area contributed by atoms with E-state index >= 15 is 0 Å². The van der Waals surface area contributed by atoms with E-state index in [-0.39, 0.29) is 6.04 Å². The van der Waals surface area contributed by atoms with Crippen molar-refractivity contribution in [2.75, 3.05) is 6.54 Å². The number of hydrogen-bond acceptors (Lipinski definition) is 2. The molecule has 108 valence electrons. The minimum atomic E-state index is 0.192. The Hall–Kier alpha value is -1.35. The number of nitrogens with one attached hydrogen (secondary N) is 1. The number of fused-ring (bicyclic) bond motifs is 1. The first-order chi connectivity index (χ1) is 10.2. The van der Waals surface area contributed by atoms with Crippen LogP contribution in [0.2, 0.25) is 4.34 Å². The summed E-state index contributed by atoms with van der Waals surface area (Å²) in [7, 11) is 0. The number of aryl methyl sites for hydroxylation is 1. The van der Waals surface area contributed by atoms with Gasteiger partial charge in [-0.05, 0) is 41.4 Å². The van der Waals surface area contributed by atoms with E-state index in [9.17, 15) is 0 Å². The van der Waals surface area contributed by atoms with Crippen LogP contribution in [0.4, 0.5) is 0 Å². The second-order valence-electron chi connectivity index (χ2n) is 5.16. The van der Waals surface area contributed by atoms with E-state index < -0.39 is 0 Å². The fourth-order valence-corrected chi connectivity index (χ4v) is 4.01. The van der Waals surface area contributed by atoms with Crippen molar-refractivity contribution >= 4 is 33.7 Å². The van der Waals surface area contributed by atoms with E-state index in [1.807, 2.05) is 0 Å². The second-order valence-corrected chi connectivity index (χ2v) is 6.85. The van der Waals surface area contributed by atoms with Gasteiger partial charge in [-0.15, -0.1) is 11.3 Å². The molecular formula is C18H18ClNS. The zero-order chi connectivity index (χ0) is 14.8. The molecule has 0 saturated heterocycles. The largest absolute Gasteiger partial charge is 0.306 e. The monoisotopic (exact) mass is 315 g/mol. The van der Waals surface area contributed by atoms with Crippen LogP contribution < -0.4 is 5.32 Å². The lowest BCUT2D eigenvalue weighted by Crippen LogP contribution is -2.21. The molecule has 1 atom stereocenters. The minimum Gasteiger partial charge on any atom is -0.306 e. The number of halogens is 1. The van der Waals surface area contributed by atoms with E-state index in [1.165, 1.54) is 21.2 Å². The van der Waals surface area contributed by atoms with Crippen molar-refractivity contribution in [3.8, 4) is 0 Å². The smallest absolute Gasteiger partial charge is 0.0961 e. The van der Waals surface area contributed by atoms with Crippen LogP contribution in [0.3, 0.4) is 0 Å². The highest BCUT2D eigenvalue weighted by atomic mass is 35.5. The Morgan fingerprint density at radius 3 is 2.62 bits per heavy atom. The van der Waals surface area contributed by atoms with Gasteiger partial charge in [-0.1, -0.05) is 61.0 Å². The molecule has 21 heavy (non-hydrogen) atoms. The Morgan fingerprint density at radius 1 is 1.14 bits per heavy atom. The lowest BCUT2D eigenvalue weighted by Gasteiger charge is -2.19. The molecule has 1 heterocycles. The molecule has 0 spiro atoms. The summed E-state index contributed by atoms with van der Waals surface area (Å²) in [5.41, 5.74) is 2.47. The molecule has 0 aliphatic heterocycles. The van der Waals surface area contributed by atoms with Crippen molar-refractivity contribution in [3.63, 3.8) is 0 Å². The Labute approximate surface area is 134 Å². The van der Waals surface area contributed by atoms with Gasteiger partial charge in [0.05, 0.1) is 10.4 Å². The Morgan fingerprint density at radius 2 is 1.90 bits per heavy atom. The first kappa shape index (κ1) is 14.6. The van der Waals surface area contributed by atoms with Crippen LogP contribution in [0.15, 0.2) is 48.5 Å². The van der Waals surface area contributed by atoms with Gasteiger partial charge in [-0.3, -0.25) is 0 Å². The van der Waals surface area contributed by atoms with Crippen LogP contribution in [0.5, 0.6) is 0 Å².